The van der Waals surface area contributed by atoms with Crippen LogP contribution in [0.3, 0.4) is 0 Å². The smallest absolute Gasteiger partial charge is 0.144 e. The average molecular weight is 268 g/mol. The molecule has 1 atom stereocenters. The number of ether oxygens (including phenoxy) is 1. The average Bonchev–Trinajstić information content (AvgIpc) is 2.32. The summed E-state index contributed by atoms with van der Waals surface area (Å²) in [4.78, 5) is 0. The zero-order valence-corrected chi connectivity index (χ0v) is 12.5. The lowest BCUT2D eigenvalue weighted by molar-refractivity contribution is 0.244. The van der Waals surface area contributed by atoms with Crippen molar-refractivity contribution in [1.29, 1.82) is 0 Å². The second-order valence-electron chi connectivity index (χ2n) is 4.62. The van der Waals surface area contributed by atoms with Gasteiger partial charge in [0, 0.05) is 23.5 Å². The molecule has 1 unspecified atom stereocenters. The molecule has 18 heavy (non-hydrogen) atoms. The normalized spacial score (nSPS) is 12.5. The van der Waals surface area contributed by atoms with Gasteiger partial charge in [0.15, 0.2) is 0 Å². The van der Waals surface area contributed by atoms with Crippen molar-refractivity contribution in [2.75, 3.05) is 23.1 Å². The van der Waals surface area contributed by atoms with Crippen LogP contribution in [-0.2, 0) is 0 Å². The molecule has 0 bridgehead atoms. The van der Waals surface area contributed by atoms with Crippen LogP contribution in [0, 0.1) is 0 Å². The van der Waals surface area contributed by atoms with Crippen molar-refractivity contribution in [3.05, 3.63) is 18.2 Å². The van der Waals surface area contributed by atoms with E-state index in [1.165, 1.54) is 0 Å². The van der Waals surface area contributed by atoms with E-state index >= 15 is 0 Å². The largest absolute Gasteiger partial charge is 0.489 e. The molecule has 4 heteroatoms. The van der Waals surface area contributed by atoms with Gasteiger partial charge in [-0.25, -0.2) is 0 Å². The summed E-state index contributed by atoms with van der Waals surface area (Å²) in [6, 6.07) is 6.37. The van der Waals surface area contributed by atoms with Crippen molar-refractivity contribution >= 4 is 23.1 Å². The van der Waals surface area contributed by atoms with Crippen LogP contribution < -0.4 is 15.8 Å². The molecule has 0 saturated heterocycles. The molecule has 0 fully saturated rings. The van der Waals surface area contributed by atoms with Gasteiger partial charge in [0.1, 0.15) is 5.75 Å². The highest BCUT2D eigenvalue weighted by Gasteiger charge is 2.08. The molecule has 0 spiro atoms. The van der Waals surface area contributed by atoms with Crippen LogP contribution in [0.1, 0.15) is 27.2 Å². The van der Waals surface area contributed by atoms with E-state index in [0.717, 1.165) is 23.6 Å². The molecule has 0 heterocycles. The molecule has 0 aliphatic carbocycles. The van der Waals surface area contributed by atoms with E-state index in [9.17, 15) is 0 Å². The van der Waals surface area contributed by atoms with Crippen molar-refractivity contribution in [1.82, 2.24) is 0 Å². The minimum atomic E-state index is 0.135. The first-order valence-electron chi connectivity index (χ1n) is 6.38. The summed E-state index contributed by atoms with van der Waals surface area (Å²) in [6.07, 6.45) is 3.36. The molecule has 102 valence electrons. The van der Waals surface area contributed by atoms with E-state index in [1.54, 1.807) is 0 Å². The van der Waals surface area contributed by atoms with Crippen LogP contribution in [0.2, 0.25) is 0 Å². The predicted molar refractivity (Wildman–Crippen MR) is 82.7 cm³/mol. The van der Waals surface area contributed by atoms with E-state index < -0.39 is 0 Å². The van der Waals surface area contributed by atoms with Crippen molar-refractivity contribution in [3.8, 4) is 5.75 Å². The molecule has 3 nitrogen and oxygen atoms in total. The Labute approximate surface area is 114 Å². The van der Waals surface area contributed by atoms with Crippen molar-refractivity contribution < 1.29 is 4.74 Å². The quantitative estimate of drug-likeness (QED) is 0.742. The monoisotopic (exact) mass is 268 g/mol. The summed E-state index contributed by atoms with van der Waals surface area (Å²) in [6.45, 7) is 6.20. The highest BCUT2D eigenvalue weighted by atomic mass is 32.2. The van der Waals surface area contributed by atoms with Gasteiger partial charge in [-0.3, -0.25) is 0 Å². The first-order valence-corrected chi connectivity index (χ1v) is 7.77. The van der Waals surface area contributed by atoms with Gasteiger partial charge in [-0.05, 0) is 38.7 Å². The van der Waals surface area contributed by atoms with Crippen LogP contribution in [0.25, 0.3) is 0 Å². The number of hydrogen-bond donors (Lipinski definition) is 2. The minimum absolute atomic E-state index is 0.135. The van der Waals surface area contributed by atoms with Crippen LogP contribution in [0.5, 0.6) is 5.75 Å². The maximum Gasteiger partial charge on any atom is 0.144 e. The first-order chi connectivity index (χ1) is 8.56. The highest BCUT2D eigenvalue weighted by molar-refractivity contribution is 7.98. The zero-order valence-electron chi connectivity index (χ0n) is 11.7. The van der Waals surface area contributed by atoms with E-state index in [0.29, 0.717) is 11.7 Å². The summed E-state index contributed by atoms with van der Waals surface area (Å²) >= 11 is 1.85. The second kappa shape index (κ2) is 7.41. The molecule has 0 aromatic heterocycles. The lowest BCUT2D eigenvalue weighted by atomic mass is 10.2. The van der Waals surface area contributed by atoms with Gasteiger partial charge >= 0.3 is 0 Å². The number of benzene rings is 1. The summed E-state index contributed by atoms with van der Waals surface area (Å²) in [5, 5.41) is 3.51. The van der Waals surface area contributed by atoms with E-state index in [4.69, 9.17) is 10.5 Å². The van der Waals surface area contributed by atoms with Gasteiger partial charge in [0.05, 0.1) is 11.8 Å². The zero-order chi connectivity index (χ0) is 13.5. The molecule has 1 aromatic rings. The number of rotatable bonds is 7. The maximum absolute atomic E-state index is 5.90. The molecule has 0 amide bonds. The van der Waals surface area contributed by atoms with Gasteiger partial charge < -0.3 is 15.8 Å². The second-order valence-corrected chi connectivity index (χ2v) is 5.53. The third-order valence-corrected chi connectivity index (χ3v) is 3.34. The summed E-state index contributed by atoms with van der Waals surface area (Å²) in [5.41, 5.74) is 7.66. The Hall–Kier alpha value is -1.03. The fraction of sp³-hybridized carbons (Fsp3) is 0.571. The Balaban J connectivity index is 2.77. The molecular weight excluding hydrogens is 244 g/mol. The summed E-state index contributed by atoms with van der Waals surface area (Å²) < 4.78 is 5.69. The Morgan fingerprint density at radius 3 is 2.67 bits per heavy atom. The van der Waals surface area contributed by atoms with Crippen molar-refractivity contribution in [2.45, 2.75) is 39.3 Å². The van der Waals surface area contributed by atoms with E-state index in [1.807, 2.05) is 43.8 Å². The third kappa shape index (κ3) is 4.69. The standard InChI is InChI=1S/C14H24N2OS/c1-5-11(9-18-4)16-12-6-7-13(15)14(8-12)17-10(2)3/h6-8,10-11,16H,5,9,15H2,1-4H3. The van der Waals surface area contributed by atoms with Gasteiger partial charge in [-0.2, -0.15) is 11.8 Å². The van der Waals surface area contributed by atoms with Crippen LogP contribution in [0.4, 0.5) is 11.4 Å². The molecule has 0 radical (unpaired) electrons. The van der Waals surface area contributed by atoms with Crippen LogP contribution in [-0.4, -0.2) is 24.2 Å². The van der Waals surface area contributed by atoms with Crippen molar-refractivity contribution in [2.24, 2.45) is 0 Å². The lowest BCUT2D eigenvalue weighted by Crippen LogP contribution is -2.21. The van der Waals surface area contributed by atoms with Gasteiger partial charge in [-0.15, -0.1) is 0 Å². The molecule has 0 aliphatic rings. The fourth-order valence-electron chi connectivity index (χ4n) is 1.68. The van der Waals surface area contributed by atoms with E-state index in [2.05, 4.69) is 18.5 Å². The van der Waals surface area contributed by atoms with Gasteiger partial charge in [0.25, 0.3) is 0 Å². The number of nitrogens with two attached hydrogens (primary N) is 1. The number of thioether (sulfide) groups is 1. The third-order valence-electron chi connectivity index (χ3n) is 2.61. The van der Waals surface area contributed by atoms with E-state index in [-0.39, 0.29) is 6.10 Å². The van der Waals surface area contributed by atoms with Crippen molar-refractivity contribution in [3.63, 3.8) is 0 Å². The van der Waals surface area contributed by atoms with Crippen LogP contribution in [0.15, 0.2) is 18.2 Å². The SMILES string of the molecule is CCC(CSC)Nc1ccc(N)c(OC(C)C)c1. The Kier molecular flexibility index (Phi) is 6.19. The number of nitrogen functional groups attached to an aromatic ring is 1. The number of hydrogen-bond acceptors (Lipinski definition) is 4. The Bertz CT molecular complexity index is 369. The summed E-state index contributed by atoms with van der Waals surface area (Å²) in [5.74, 6) is 1.86. The first kappa shape index (κ1) is 15.0. The minimum Gasteiger partial charge on any atom is -0.489 e. The fourth-order valence-corrected chi connectivity index (χ4v) is 2.40. The topological polar surface area (TPSA) is 47.3 Å². The number of nitrogens with one attached hydrogen (secondary N) is 1. The predicted octanol–water partition coefficient (Wildman–Crippen LogP) is 3.61. The van der Waals surface area contributed by atoms with Gasteiger partial charge in [-0.1, -0.05) is 6.92 Å². The molecule has 0 saturated carbocycles. The van der Waals surface area contributed by atoms with Gasteiger partial charge in [0.2, 0.25) is 0 Å². The number of anilines is 2. The highest BCUT2D eigenvalue weighted by Crippen LogP contribution is 2.27. The van der Waals surface area contributed by atoms with Crippen LogP contribution >= 0.6 is 11.8 Å². The molecule has 0 aliphatic heterocycles. The molecular formula is C14H24N2OS. The molecule has 1 rings (SSSR count). The molecule has 1 aromatic carbocycles. The summed E-state index contributed by atoms with van der Waals surface area (Å²) in [7, 11) is 0. The molecule has 3 N–H and O–H groups in total. The maximum atomic E-state index is 5.90. The lowest BCUT2D eigenvalue weighted by Gasteiger charge is -2.19. The Morgan fingerprint density at radius 2 is 2.11 bits per heavy atom. The Morgan fingerprint density at radius 1 is 1.39 bits per heavy atom.